The zero-order valence-corrected chi connectivity index (χ0v) is 7.51. The third kappa shape index (κ3) is 3.82. The fraction of sp³-hybridized carbons (Fsp3) is 0.200. The Hall–Kier alpha value is -1.68. The van der Waals surface area contributed by atoms with E-state index in [-0.39, 0.29) is 19.1 Å². The minimum absolute atomic E-state index is 0.0694. The Kier molecular flexibility index (Phi) is 4.37. The van der Waals surface area contributed by atoms with Crippen molar-refractivity contribution >= 4 is 12.3 Å². The van der Waals surface area contributed by atoms with Gasteiger partial charge < -0.3 is 19.6 Å². The van der Waals surface area contributed by atoms with Gasteiger partial charge in [-0.2, -0.15) is 0 Å². The van der Waals surface area contributed by atoms with E-state index in [1.165, 1.54) is 0 Å². The van der Waals surface area contributed by atoms with Gasteiger partial charge in [0.15, 0.2) is 0 Å². The van der Waals surface area contributed by atoms with Gasteiger partial charge in [-0.25, -0.2) is 0 Å². The smallest absolute Gasteiger partial charge is 0.124 e. The Morgan fingerprint density at radius 2 is 2.14 bits per heavy atom. The Morgan fingerprint density at radius 3 is 2.43 bits per heavy atom. The highest BCUT2D eigenvalue weighted by Crippen LogP contribution is 1.95. The third-order valence-corrected chi connectivity index (χ3v) is 1.46. The normalized spacial score (nSPS) is 13.1. The number of hydrogen-bond donors (Lipinski definition) is 1. The molecule has 4 heteroatoms. The summed E-state index contributed by atoms with van der Waals surface area (Å²) in [6.45, 7) is 0.209. The molecule has 0 unspecified atom stereocenters. The summed E-state index contributed by atoms with van der Waals surface area (Å²) in [6.07, 6.45) is 2.05. The van der Waals surface area contributed by atoms with E-state index in [1.54, 1.807) is 0 Å². The van der Waals surface area contributed by atoms with Crippen LogP contribution in [0.3, 0.4) is 0 Å². The largest absolute Gasteiger partial charge is 0.581 e. The van der Waals surface area contributed by atoms with Gasteiger partial charge in [0.25, 0.3) is 0 Å². The van der Waals surface area contributed by atoms with E-state index < -0.39 is 0 Å². The molecule has 0 spiro atoms. The van der Waals surface area contributed by atoms with Crippen LogP contribution in [-0.4, -0.2) is 24.0 Å². The average molecular weight is 192 g/mol. The Morgan fingerprint density at radius 1 is 1.43 bits per heavy atom. The van der Waals surface area contributed by atoms with E-state index in [4.69, 9.17) is 5.11 Å². The number of nitrogens with zero attached hydrogens (tertiary/aromatic N) is 1. The lowest BCUT2D eigenvalue weighted by molar-refractivity contribution is -0.118. The quantitative estimate of drug-likeness (QED) is 0.664. The molecule has 0 saturated carbocycles. The van der Waals surface area contributed by atoms with Crippen molar-refractivity contribution in [2.45, 2.75) is 6.61 Å². The van der Waals surface area contributed by atoms with E-state index in [0.717, 1.165) is 5.56 Å². The molecular weight excluding hydrogens is 182 g/mol. The molecule has 0 fully saturated rings. The minimum atomic E-state index is -0.255. The fourth-order valence-electron chi connectivity index (χ4n) is 0.793. The van der Waals surface area contributed by atoms with Gasteiger partial charge in [0.1, 0.15) is 5.91 Å². The summed E-state index contributed by atoms with van der Waals surface area (Å²) in [4.78, 5) is 13.0. The van der Waals surface area contributed by atoms with Gasteiger partial charge >= 0.3 is 0 Å². The van der Waals surface area contributed by atoms with Gasteiger partial charge in [0.05, 0.1) is 13.2 Å². The fourth-order valence-corrected chi connectivity index (χ4v) is 0.793. The highest BCUT2D eigenvalue weighted by molar-refractivity contribution is 5.88. The van der Waals surface area contributed by atoms with Crippen molar-refractivity contribution in [3.8, 4) is 0 Å². The number of rotatable bonds is 1. The van der Waals surface area contributed by atoms with Crippen LogP contribution in [0, 0.1) is 0 Å². The number of carbonyl (C=O) groups excluding carboxylic acids is 1. The molecule has 74 valence electrons. The summed E-state index contributed by atoms with van der Waals surface area (Å²) in [5.41, 5.74) is 0.965. The second-order valence-corrected chi connectivity index (χ2v) is 2.53. The average Bonchev–Trinajstić information content (AvgIpc) is 2.71. The molecule has 0 saturated heterocycles. The number of amides is 1. The molecule has 14 heavy (non-hydrogen) atoms. The van der Waals surface area contributed by atoms with Crippen molar-refractivity contribution in [1.29, 1.82) is 0 Å². The lowest BCUT2D eigenvalue weighted by atomic mass is 10.2. The first-order valence-electron chi connectivity index (χ1n) is 4.08. The molecule has 0 radical (unpaired) electrons. The van der Waals surface area contributed by atoms with E-state index in [1.807, 2.05) is 36.7 Å². The Labute approximate surface area is 81.9 Å². The van der Waals surface area contributed by atoms with Crippen molar-refractivity contribution in [1.82, 2.24) is 0 Å². The summed E-state index contributed by atoms with van der Waals surface area (Å²) < 4.78 is 4.29. The van der Waals surface area contributed by atoms with E-state index in [2.05, 4.69) is 9.73 Å². The first-order chi connectivity index (χ1) is 6.83. The molecular formula is C10H10NO3-. The molecule has 0 atom stereocenters. The van der Waals surface area contributed by atoms with E-state index >= 15 is 0 Å². The lowest BCUT2D eigenvalue weighted by Crippen LogP contribution is -1.92. The molecule has 1 aliphatic heterocycles. The zero-order chi connectivity index (χ0) is 10.2. The van der Waals surface area contributed by atoms with E-state index in [9.17, 15) is 4.79 Å². The van der Waals surface area contributed by atoms with Crippen molar-refractivity contribution in [3.63, 3.8) is 0 Å². The maximum Gasteiger partial charge on any atom is 0.124 e. The molecule has 4 nitrogen and oxygen atoms in total. The number of ether oxygens (including phenoxy) is 1. The van der Waals surface area contributed by atoms with Crippen LogP contribution in [-0.2, 0) is 16.1 Å². The van der Waals surface area contributed by atoms with Crippen molar-refractivity contribution in [3.05, 3.63) is 35.9 Å². The van der Waals surface area contributed by atoms with Crippen molar-refractivity contribution in [2.24, 2.45) is 4.99 Å². The maximum absolute atomic E-state index is 9.89. The van der Waals surface area contributed by atoms with Crippen LogP contribution >= 0.6 is 0 Å². The van der Waals surface area contributed by atoms with Gasteiger partial charge in [0, 0.05) is 6.40 Å². The molecule has 1 heterocycles. The van der Waals surface area contributed by atoms with Gasteiger partial charge in [-0.05, 0) is 5.56 Å². The summed E-state index contributed by atoms with van der Waals surface area (Å²) >= 11 is 0. The highest BCUT2D eigenvalue weighted by atomic mass is 16.5. The molecule has 0 bridgehead atoms. The Balaban J connectivity index is 0.000000146. The van der Waals surface area contributed by atoms with Crippen LogP contribution in [0.5, 0.6) is 0 Å². The molecule has 0 aromatic heterocycles. The predicted octanol–water partition coefficient (Wildman–Crippen LogP) is 0.627. The lowest BCUT2D eigenvalue weighted by Gasteiger charge is -1.89. The van der Waals surface area contributed by atoms with Crippen molar-refractivity contribution in [2.75, 3.05) is 6.61 Å². The number of benzene rings is 1. The SMILES string of the molecule is O=C1CO[C-]=N1.OCc1ccccc1. The number of carbonyl (C=O) groups is 1. The first kappa shape index (κ1) is 10.4. The zero-order valence-electron chi connectivity index (χ0n) is 7.51. The number of aliphatic hydroxyl groups excluding tert-OH is 1. The number of aliphatic imine (C=N–C) groups is 1. The Bertz CT molecular complexity index is 308. The molecule has 1 aliphatic rings. The third-order valence-electron chi connectivity index (χ3n) is 1.46. The van der Waals surface area contributed by atoms with Gasteiger partial charge in [0.2, 0.25) is 0 Å². The van der Waals surface area contributed by atoms with Crippen LogP contribution in [0.1, 0.15) is 5.56 Å². The van der Waals surface area contributed by atoms with Crippen LogP contribution in [0.15, 0.2) is 35.3 Å². The summed E-state index contributed by atoms with van der Waals surface area (Å²) in [5.74, 6) is -0.255. The summed E-state index contributed by atoms with van der Waals surface area (Å²) in [5, 5.41) is 8.54. The highest BCUT2D eigenvalue weighted by Gasteiger charge is 1.87. The van der Waals surface area contributed by atoms with Gasteiger partial charge in [-0.1, -0.05) is 30.3 Å². The molecule has 1 N–H and O–H groups in total. The monoisotopic (exact) mass is 192 g/mol. The number of hydrogen-bond acceptors (Lipinski definition) is 3. The van der Waals surface area contributed by atoms with Gasteiger partial charge in [-0.3, -0.25) is 0 Å². The molecule has 1 aromatic carbocycles. The van der Waals surface area contributed by atoms with Crippen LogP contribution in [0.2, 0.25) is 0 Å². The van der Waals surface area contributed by atoms with Crippen LogP contribution in [0.4, 0.5) is 0 Å². The standard InChI is InChI=1S/C7H8O.C3H2NO2/c8-6-7-4-2-1-3-5-7;5-3-1-6-2-4-3/h1-5,8H,6H2;1H2/q;-1. The second kappa shape index (κ2) is 5.88. The molecule has 1 amide bonds. The molecule has 1 aromatic rings. The van der Waals surface area contributed by atoms with Crippen molar-refractivity contribution < 1.29 is 14.6 Å². The maximum atomic E-state index is 9.89. The second-order valence-electron chi connectivity index (χ2n) is 2.53. The van der Waals surface area contributed by atoms with Crippen LogP contribution < -0.4 is 0 Å². The molecule has 0 aliphatic carbocycles. The minimum Gasteiger partial charge on any atom is -0.581 e. The predicted molar refractivity (Wildman–Crippen MR) is 50.8 cm³/mol. The van der Waals surface area contributed by atoms with E-state index in [0.29, 0.717) is 0 Å². The number of aliphatic hydroxyl groups is 1. The van der Waals surface area contributed by atoms with Gasteiger partial charge in [-0.15, -0.1) is 0 Å². The topological polar surface area (TPSA) is 58.9 Å². The molecule has 2 rings (SSSR count). The first-order valence-corrected chi connectivity index (χ1v) is 4.08. The summed E-state index contributed by atoms with van der Waals surface area (Å²) in [6, 6.07) is 9.52. The summed E-state index contributed by atoms with van der Waals surface area (Å²) in [7, 11) is 0. The van der Waals surface area contributed by atoms with Crippen LogP contribution in [0.25, 0.3) is 0 Å².